The van der Waals surface area contributed by atoms with E-state index in [9.17, 15) is 8.42 Å². The van der Waals surface area contributed by atoms with Crippen molar-refractivity contribution in [3.8, 4) is 5.75 Å². The zero-order valence-electron chi connectivity index (χ0n) is 9.65. The highest BCUT2D eigenvalue weighted by Gasteiger charge is 2.16. The zero-order valence-corrected chi connectivity index (χ0v) is 10.5. The Morgan fingerprint density at radius 3 is 2.12 bits per heavy atom. The van der Waals surface area contributed by atoms with Crippen LogP contribution in [0.3, 0.4) is 0 Å². The van der Waals surface area contributed by atoms with Gasteiger partial charge in [0.1, 0.15) is 5.75 Å². The number of sulfone groups is 1. The molecule has 1 N–H and O–H groups in total. The van der Waals surface area contributed by atoms with Crippen LogP contribution >= 0.6 is 0 Å². The second-order valence-electron chi connectivity index (χ2n) is 3.63. The fourth-order valence-corrected chi connectivity index (χ4v) is 2.84. The lowest BCUT2D eigenvalue weighted by Crippen LogP contribution is -2.10. The first-order chi connectivity index (χ1) is 7.42. The van der Waals surface area contributed by atoms with Gasteiger partial charge in [0.05, 0.1) is 24.4 Å². The molecule has 0 amide bonds. The number of aryl methyl sites for hydroxylation is 2. The lowest BCUT2D eigenvalue weighted by molar-refractivity contribution is 0.319. The number of methoxy groups -OCH3 is 1. The summed E-state index contributed by atoms with van der Waals surface area (Å²) < 4.78 is 28.6. The predicted octanol–water partition coefficient (Wildman–Crippen LogP) is 1.08. The molecule has 0 aliphatic rings. The van der Waals surface area contributed by atoms with Crippen molar-refractivity contribution < 1.29 is 18.3 Å². The number of hydrogen-bond donors (Lipinski definition) is 1. The molecular weight excluding hydrogens is 228 g/mol. The smallest absolute Gasteiger partial charge is 0.180 e. The van der Waals surface area contributed by atoms with Crippen molar-refractivity contribution in [1.82, 2.24) is 0 Å². The van der Waals surface area contributed by atoms with Crippen LogP contribution in [0.25, 0.3) is 0 Å². The molecule has 1 aromatic rings. The average Bonchev–Trinajstić information content (AvgIpc) is 2.17. The SMILES string of the molecule is COc1c(C)cc(S(=O)(=O)CCO)cc1C. The second-order valence-corrected chi connectivity index (χ2v) is 5.74. The third-order valence-corrected chi connectivity index (χ3v) is 4.03. The van der Waals surface area contributed by atoms with Crippen molar-refractivity contribution in [2.24, 2.45) is 0 Å². The van der Waals surface area contributed by atoms with Gasteiger partial charge in [-0.1, -0.05) is 0 Å². The van der Waals surface area contributed by atoms with E-state index in [1.807, 2.05) is 0 Å². The summed E-state index contributed by atoms with van der Waals surface area (Å²) in [6, 6.07) is 3.13. The first kappa shape index (κ1) is 13.0. The maximum absolute atomic E-state index is 11.7. The maximum Gasteiger partial charge on any atom is 0.180 e. The van der Waals surface area contributed by atoms with E-state index in [1.165, 1.54) is 0 Å². The van der Waals surface area contributed by atoms with E-state index in [0.29, 0.717) is 5.75 Å². The third-order valence-electron chi connectivity index (χ3n) is 2.36. The highest BCUT2D eigenvalue weighted by molar-refractivity contribution is 7.91. The van der Waals surface area contributed by atoms with Crippen LogP contribution in [0.1, 0.15) is 11.1 Å². The van der Waals surface area contributed by atoms with Crippen LogP contribution in [0.15, 0.2) is 17.0 Å². The molecule has 0 saturated carbocycles. The number of ether oxygens (including phenoxy) is 1. The Morgan fingerprint density at radius 2 is 1.75 bits per heavy atom. The van der Waals surface area contributed by atoms with Crippen LogP contribution in [0.5, 0.6) is 5.75 Å². The Labute approximate surface area is 95.8 Å². The van der Waals surface area contributed by atoms with E-state index < -0.39 is 9.84 Å². The molecule has 1 rings (SSSR count). The number of hydrogen-bond acceptors (Lipinski definition) is 4. The quantitative estimate of drug-likeness (QED) is 0.860. The number of aliphatic hydroxyl groups is 1. The lowest BCUT2D eigenvalue weighted by atomic mass is 10.1. The van der Waals surface area contributed by atoms with Crippen molar-refractivity contribution >= 4 is 9.84 Å². The minimum absolute atomic E-state index is 0.234. The summed E-state index contributed by atoms with van der Waals surface area (Å²) in [6.07, 6.45) is 0. The zero-order chi connectivity index (χ0) is 12.3. The van der Waals surface area contributed by atoms with Crippen molar-refractivity contribution in [2.75, 3.05) is 19.5 Å². The molecule has 5 heteroatoms. The number of rotatable bonds is 4. The minimum Gasteiger partial charge on any atom is -0.496 e. The predicted molar refractivity (Wildman–Crippen MR) is 61.6 cm³/mol. The Balaban J connectivity index is 3.29. The fraction of sp³-hybridized carbons (Fsp3) is 0.455. The van der Waals surface area contributed by atoms with Gasteiger partial charge in [-0.2, -0.15) is 0 Å². The molecule has 0 unspecified atom stereocenters. The maximum atomic E-state index is 11.7. The van der Waals surface area contributed by atoms with E-state index in [1.54, 1.807) is 33.1 Å². The molecule has 90 valence electrons. The summed E-state index contributed by atoms with van der Waals surface area (Å²) in [5.74, 6) is 0.445. The van der Waals surface area contributed by atoms with Gasteiger partial charge in [0, 0.05) is 0 Å². The number of aliphatic hydroxyl groups excluding tert-OH is 1. The van der Waals surface area contributed by atoms with Crippen molar-refractivity contribution in [1.29, 1.82) is 0 Å². The van der Waals surface area contributed by atoms with E-state index in [4.69, 9.17) is 9.84 Å². The molecule has 0 aliphatic carbocycles. The van der Waals surface area contributed by atoms with Gasteiger partial charge in [-0.25, -0.2) is 8.42 Å². The first-order valence-electron chi connectivity index (χ1n) is 4.91. The van der Waals surface area contributed by atoms with E-state index >= 15 is 0 Å². The van der Waals surface area contributed by atoms with E-state index in [-0.39, 0.29) is 17.3 Å². The largest absolute Gasteiger partial charge is 0.496 e. The van der Waals surface area contributed by atoms with Crippen molar-refractivity contribution in [3.05, 3.63) is 23.3 Å². The molecule has 0 atom stereocenters. The topological polar surface area (TPSA) is 63.6 Å². The molecule has 0 aromatic heterocycles. The van der Waals surface area contributed by atoms with Crippen molar-refractivity contribution in [3.63, 3.8) is 0 Å². The van der Waals surface area contributed by atoms with Crippen molar-refractivity contribution in [2.45, 2.75) is 18.7 Å². The summed E-state index contributed by atoms with van der Waals surface area (Å²) >= 11 is 0. The Kier molecular flexibility index (Phi) is 3.93. The van der Waals surface area contributed by atoms with Crippen LogP contribution in [-0.2, 0) is 9.84 Å². The molecular formula is C11H16O4S. The fourth-order valence-electron chi connectivity index (χ4n) is 1.65. The molecule has 0 radical (unpaired) electrons. The van der Waals surface area contributed by atoms with Gasteiger partial charge in [-0.15, -0.1) is 0 Å². The monoisotopic (exact) mass is 244 g/mol. The molecule has 0 saturated heterocycles. The highest BCUT2D eigenvalue weighted by Crippen LogP contribution is 2.26. The van der Waals surface area contributed by atoms with Gasteiger partial charge >= 0.3 is 0 Å². The summed E-state index contributed by atoms with van der Waals surface area (Å²) in [5, 5.41) is 8.70. The van der Waals surface area contributed by atoms with Gasteiger partial charge in [0.2, 0.25) is 0 Å². The highest BCUT2D eigenvalue weighted by atomic mass is 32.2. The Hall–Kier alpha value is -1.07. The molecule has 0 heterocycles. The normalized spacial score (nSPS) is 11.5. The van der Waals surface area contributed by atoms with E-state index in [0.717, 1.165) is 11.1 Å². The van der Waals surface area contributed by atoms with Gasteiger partial charge in [0.25, 0.3) is 0 Å². The van der Waals surface area contributed by atoms with Gasteiger partial charge in [-0.05, 0) is 37.1 Å². The van der Waals surface area contributed by atoms with Crippen LogP contribution in [-0.4, -0.2) is 33.0 Å². The summed E-state index contributed by atoms with van der Waals surface area (Å²) in [5.41, 5.74) is 1.55. The lowest BCUT2D eigenvalue weighted by Gasteiger charge is -2.11. The standard InChI is InChI=1S/C11H16O4S/c1-8-6-10(16(13,14)5-4-12)7-9(2)11(8)15-3/h6-7,12H,4-5H2,1-3H3. The Bertz CT molecular complexity index is 454. The Morgan fingerprint density at radius 1 is 1.25 bits per heavy atom. The molecule has 16 heavy (non-hydrogen) atoms. The second kappa shape index (κ2) is 4.84. The average molecular weight is 244 g/mol. The third kappa shape index (κ3) is 2.54. The molecule has 4 nitrogen and oxygen atoms in total. The first-order valence-corrected chi connectivity index (χ1v) is 6.56. The summed E-state index contributed by atoms with van der Waals surface area (Å²) in [7, 11) is -1.83. The van der Waals surface area contributed by atoms with Crippen LogP contribution < -0.4 is 4.74 Å². The van der Waals surface area contributed by atoms with Crippen LogP contribution in [0, 0.1) is 13.8 Å². The van der Waals surface area contributed by atoms with Crippen LogP contribution in [0.4, 0.5) is 0 Å². The summed E-state index contributed by atoms with van der Waals surface area (Å²) in [6.45, 7) is 3.22. The van der Waals surface area contributed by atoms with Gasteiger partial charge in [0.15, 0.2) is 9.84 Å². The van der Waals surface area contributed by atoms with Crippen LogP contribution in [0.2, 0.25) is 0 Å². The van der Waals surface area contributed by atoms with Gasteiger partial charge in [-0.3, -0.25) is 0 Å². The minimum atomic E-state index is -3.39. The number of benzene rings is 1. The van der Waals surface area contributed by atoms with E-state index in [2.05, 4.69) is 0 Å². The molecule has 1 aromatic carbocycles. The van der Waals surface area contributed by atoms with Gasteiger partial charge < -0.3 is 9.84 Å². The molecule has 0 bridgehead atoms. The molecule has 0 spiro atoms. The summed E-state index contributed by atoms with van der Waals surface area (Å²) in [4.78, 5) is 0.234. The molecule has 0 fully saturated rings. The molecule has 0 aliphatic heterocycles.